The highest BCUT2D eigenvalue weighted by atomic mass is 32.2. The molecule has 34 heavy (non-hydrogen) atoms. The molecule has 0 saturated heterocycles. The fourth-order valence-corrected chi connectivity index (χ4v) is 7.99. The van der Waals surface area contributed by atoms with Crippen LogP contribution in [0.5, 0.6) is 0 Å². The van der Waals surface area contributed by atoms with E-state index < -0.39 is 31.1 Å². The molecule has 0 fully saturated rings. The van der Waals surface area contributed by atoms with Crippen LogP contribution in [0.3, 0.4) is 0 Å². The number of nitrogens with two attached hydrogens (primary N) is 1. The summed E-state index contributed by atoms with van der Waals surface area (Å²) in [5.74, 6) is -0.751. The minimum atomic E-state index is -2.86. The third kappa shape index (κ3) is 3.59. The molecule has 0 spiro atoms. The molecular formula is C24H27FN6O2S. The van der Waals surface area contributed by atoms with Crippen LogP contribution in [-0.4, -0.2) is 42.3 Å². The van der Waals surface area contributed by atoms with Gasteiger partial charge in [-0.15, -0.1) is 0 Å². The van der Waals surface area contributed by atoms with Gasteiger partial charge in [-0.25, -0.2) is 13.0 Å². The number of aliphatic imine (C=N–C) groups is 1. The van der Waals surface area contributed by atoms with E-state index in [0.29, 0.717) is 36.2 Å². The van der Waals surface area contributed by atoms with Crippen LogP contribution < -0.4 is 5.73 Å². The van der Waals surface area contributed by atoms with E-state index in [1.54, 1.807) is 33.8 Å². The van der Waals surface area contributed by atoms with Gasteiger partial charge in [0.1, 0.15) is 39.4 Å². The molecule has 4 heterocycles. The quantitative estimate of drug-likeness (QED) is 0.665. The molecule has 8 nitrogen and oxygen atoms in total. The van der Waals surface area contributed by atoms with Gasteiger partial charge in [0.05, 0.1) is 27.0 Å². The lowest BCUT2D eigenvalue weighted by atomic mass is 9.88. The van der Waals surface area contributed by atoms with Crippen molar-refractivity contribution in [2.75, 3.05) is 6.54 Å². The lowest BCUT2D eigenvalue weighted by molar-refractivity contribution is 0.0986. The van der Waals surface area contributed by atoms with Gasteiger partial charge in [-0.2, -0.15) is 5.26 Å². The van der Waals surface area contributed by atoms with E-state index in [9.17, 15) is 9.00 Å². The fourth-order valence-electron chi connectivity index (χ4n) is 4.76. The molecule has 10 heteroatoms. The van der Waals surface area contributed by atoms with E-state index in [0.717, 1.165) is 0 Å². The summed E-state index contributed by atoms with van der Waals surface area (Å²) >= 11 is 0. The summed E-state index contributed by atoms with van der Waals surface area (Å²) < 4.78 is 32.9. The number of halogens is 1. The molecule has 2 aliphatic heterocycles. The minimum Gasteiger partial charge on any atom is -0.386 e. The average molecular weight is 483 g/mol. The molecular weight excluding hydrogens is 455 g/mol. The van der Waals surface area contributed by atoms with E-state index >= 15 is 4.39 Å². The number of hydrogen-bond donors (Lipinski definition) is 1. The summed E-state index contributed by atoms with van der Waals surface area (Å²) in [6.45, 7) is 7.39. The Morgan fingerprint density at radius 1 is 1.35 bits per heavy atom. The smallest absolute Gasteiger partial charge is 0.187 e. The third-order valence-electron chi connectivity index (χ3n) is 6.82. The van der Waals surface area contributed by atoms with Crippen LogP contribution in [0.25, 0.3) is 0 Å². The normalized spacial score (nSPS) is 27.6. The minimum absolute atomic E-state index is 0.00980. The summed E-state index contributed by atoms with van der Waals surface area (Å²) in [5.41, 5.74) is 6.51. The number of rotatable bonds is 4. The van der Waals surface area contributed by atoms with Crippen LogP contribution in [-0.2, 0) is 21.7 Å². The summed E-state index contributed by atoms with van der Waals surface area (Å²) in [7, 11) is -2.86. The number of amidine groups is 1. The summed E-state index contributed by atoms with van der Waals surface area (Å²) in [4.78, 5) is 26.2. The maximum absolute atomic E-state index is 15.2. The number of pyridine rings is 2. The van der Waals surface area contributed by atoms with E-state index in [1.807, 2.05) is 6.07 Å². The molecule has 0 aliphatic carbocycles. The molecule has 2 aromatic rings. The predicted molar refractivity (Wildman–Crippen MR) is 127 cm³/mol. The zero-order valence-electron chi connectivity index (χ0n) is 19.6. The van der Waals surface area contributed by atoms with Crippen molar-refractivity contribution in [2.45, 2.75) is 62.5 Å². The summed E-state index contributed by atoms with van der Waals surface area (Å²) in [6, 6.07) is 6.28. The number of nitriles is 1. The van der Waals surface area contributed by atoms with Gasteiger partial charge in [-0.1, -0.05) is 0 Å². The SMILES string of the molecule is Cc1cc(C#N)cnc1C(=O)Cc1ccc(F)c([C@@]2(C)N=C(N)C(C)(C)[S@]3(=O)=NCCC[C@H]23)n1. The monoisotopic (exact) mass is 482 g/mol. The van der Waals surface area contributed by atoms with Gasteiger partial charge in [0.25, 0.3) is 0 Å². The van der Waals surface area contributed by atoms with Crippen LogP contribution in [0.15, 0.2) is 33.8 Å². The number of aryl methyl sites for hydroxylation is 1. The zero-order chi connectivity index (χ0) is 24.9. The Labute approximate surface area is 198 Å². The summed E-state index contributed by atoms with van der Waals surface area (Å²) in [5, 5.41) is 8.45. The molecule has 0 unspecified atom stereocenters. The molecule has 2 aromatic heterocycles. The first kappa shape index (κ1) is 24.0. The van der Waals surface area contributed by atoms with Gasteiger partial charge in [-0.05, 0) is 64.3 Å². The van der Waals surface area contributed by atoms with Crippen LogP contribution >= 0.6 is 0 Å². The van der Waals surface area contributed by atoms with E-state index in [1.165, 1.54) is 18.3 Å². The van der Waals surface area contributed by atoms with Gasteiger partial charge in [0, 0.05) is 18.4 Å². The standard InChI is InChI=1S/C24H27FN6O2S/c1-14-10-15(12-26)13-28-20(14)18(32)11-16-7-8-17(25)21(30-16)24(4)19-6-5-9-29-34(19,33)23(2,3)22(27)31-24/h7-8,10,13,19H,5-6,9,11H2,1-4H3,(H2,27,31)/t19-,24+,34+/m1/s1. The van der Waals surface area contributed by atoms with E-state index in [4.69, 9.17) is 11.0 Å². The highest BCUT2D eigenvalue weighted by Crippen LogP contribution is 2.46. The number of aromatic nitrogens is 2. The molecule has 0 amide bonds. The van der Waals surface area contributed by atoms with Crippen molar-refractivity contribution in [2.24, 2.45) is 15.1 Å². The number of carbonyl (C=O) groups is 1. The van der Waals surface area contributed by atoms with Crippen molar-refractivity contribution < 1.29 is 13.4 Å². The van der Waals surface area contributed by atoms with Crippen LogP contribution in [0.4, 0.5) is 4.39 Å². The second-order valence-electron chi connectivity index (χ2n) is 9.44. The number of carbonyl (C=O) groups excluding carboxylic acids is 1. The Bertz CT molecular complexity index is 1390. The molecule has 2 N–H and O–H groups in total. The number of hydrogen-bond acceptors (Lipinski definition) is 8. The predicted octanol–water partition coefficient (Wildman–Crippen LogP) is 3.22. The molecule has 0 aromatic carbocycles. The van der Waals surface area contributed by atoms with Crippen molar-refractivity contribution in [1.82, 2.24) is 9.97 Å². The van der Waals surface area contributed by atoms with Gasteiger partial charge >= 0.3 is 0 Å². The first-order chi connectivity index (χ1) is 15.9. The van der Waals surface area contributed by atoms with Gasteiger partial charge in [0.15, 0.2) is 5.78 Å². The highest BCUT2D eigenvalue weighted by molar-refractivity contribution is 7.96. The Balaban J connectivity index is 1.77. The second-order valence-corrected chi connectivity index (χ2v) is 12.4. The number of nitrogens with zero attached hydrogens (tertiary/aromatic N) is 5. The van der Waals surface area contributed by atoms with Crippen LogP contribution in [0.2, 0.25) is 0 Å². The molecule has 0 radical (unpaired) electrons. The fraction of sp³-hybridized carbons (Fsp3) is 0.458. The lowest BCUT2D eigenvalue weighted by Gasteiger charge is -2.47. The van der Waals surface area contributed by atoms with Gasteiger partial charge < -0.3 is 5.73 Å². The Morgan fingerprint density at radius 3 is 2.76 bits per heavy atom. The Kier molecular flexibility index (Phi) is 5.80. The van der Waals surface area contributed by atoms with Crippen molar-refractivity contribution in [3.05, 3.63) is 58.4 Å². The zero-order valence-corrected chi connectivity index (χ0v) is 20.4. The Hall–Kier alpha value is -3.19. The highest BCUT2D eigenvalue weighted by Gasteiger charge is 2.56. The molecule has 0 saturated carbocycles. The van der Waals surface area contributed by atoms with Gasteiger partial charge in [0.2, 0.25) is 0 Å². The first-order valence-corrected chi connectivity index (χ1v) is 12.6. The lowest BCUT2D eigenvalue weighted by Crippen LogP contribution is -2.60. The number of ketones is 1. The molecule has 0 bridgehead atoms. The van der Waals surface area contributed by atoms with Crippen molar-refractivity contribution >= 4 is 21.3 Å². The topological polar surface area (TPSA) is 134 Å². The molecule has 3 atom stereocenters. The molecule has 4 rings (SSSR count). The average Bonchev–Trinajstić information content (AvgIpc) is 2.79. The van der Waals surface area contributed by atoms with Crippen molar-refractivity contribution in [3.63, 3.8) is 0 Å². The van der Waals surface area contributed by atoms with Crippen molar-refractivity contribution in [1.29, 1.82) is 5.26 Å². The van der Waals surface area contributed by atoms with Crippen molar-refractivity contribution in [3.8, 4) is 6.07 Å². The largest absolute Gasteiger partial charge is 0.386 e. The Morgan fingerprint density at radius 2 is 2.09 bits per heavy atom. The maximum atomic E-state index is 15.2. The molecule has 178 valence electrons. The number of fused-ring (bicyclic) bond motifs is 1. The van der Waals surface area contributed by atoms with Crippen LogP contribution in [0, 0.1) is 24.1 Å². The summed E-state index contributed by atoms with van der Waals surface area (Å²) in [6.07, 6.45) is 2.50. The molecule has 2 aliphatic rings. The van der Waals surface area contributed by atoms with Crippen LogP contribution in [0.1, 0.15) is 66.6 Å². The second kappa shape index (κ2) is 8.24. The van der Waals surface area contributed by atoms with Gasteiger partial charge in [-0.3, -0.25) is 19.8 Å². The maximum Gasteiger partial charge on any atom is 0.187 e. The number of Topliss-reactive ketones (excluding diaryl/α,β-unsaturated/α-hetero) is 1. The van der Waals surface area contributed by atoms with E-state index in [2.05, 4.69) is 19.3 Å². The van der Waals surface area contributed by atoms with E-state index in [-0.39, 0.29) is 29.4 Å². The first-order valence-electron chi connectivity index (χ1n) is 11.1. The third-order valence-corrected chi connectivity index (χ3v) is 10.5.